The van der Waals surface area contributed by atoms with Gasteiger partial charge >= 0.3 is 6.18 Å². The summed E-state index contributed by atoms with van der Waals surface area (Å²) in [6.07, 6.45) is -4.78. The molecule has 0 radical (unpaired) electrons. The summed E-state index contributed by atoms with van der Waals surface area (Å²) in [5.74, 6) is 0.565. The van der Waals surface area contributed by atoms with Crippen molar-refractivity contribution in [3.05, 3.63) is 57.1 Å². The molecule has 0 atom stereocenters. The van der Waals surface area contributed by atoms with E-state index in [0.29, 0.717) is 17.5 Å². The number of methoxy groups -OCH3 is 1. The van der Waals surface area contributed by atoms with Crippen LogP contribution in [0.25, 0.3) is 0 Å². The van der Waals surface area contributed by atoms with Crippen LogP contribution in [0.5, 0.6) is 5.75 Å². The molecule has 0 aliphatic rings. The summed E-state index contributed by atoms with van der Waals surface area (Å²) in [4.78, 5) is 10.1. The van der Waals surface area contributed by atoms with Crippen molar-refractivity contribution >= 4 is 28.7 Å². The predicted molar refractivity (Wildman–Crippen MR) is 79.4 cm³/mol. The van der Waals surface area contributed by atoms with Crippen LogP contribution in [0.1, 0.15) is 5.56 Å². The molecule has 9 heteroatoms. The van der Waals surface area contributed by atoms with Crippen LogP contribution in [0.4, 0.5) is 30.2 Å². The van der Waals surface area contributed by atoms with Gasteiger partial charge in [-0.15, -0.1) is 0 Å². The third-order valence-corrected chi connectivity index (χ3v) is 3.27. The van der Waals surface area contributed by atoms with E-state index < -0.39 is 27.4 Å². The summed E-state index contributed by atoms with van der Waals surface area (Å²) in [5, 5.41) is 13.1. The lowest BCUT2D eigenvalue weighted by molar-refractivity contribution is -0.384. The number of anilines is 2. The monoisotopic (exact) mass is 346 g/mol. The van der Waals surface area contributed by atoms with Gasteiger partial charge in [0.05, 0.1) is 22.6 Å². The first kappa shape index (κ1) is 16.9. The molecule has 5 nitrogen and oxygen atoms in total. The maximum absolute atomic E-state index is 12.8. The maximum atomic E-state index is 12.8. The second-order valence-corrected chi connectivity index (χ2v) is 4.86. The lowest BCUT2D eigenvalue weighted by atomic mass is 10.1. The summed E-state index contributed by atoms with van der Waals surface area (Å²) in [7, 11) is 1.48. The minimum Gasteiger partial charge on any atom is -0.497 e. The van der Waals surface area contributed by atoms with Crippen molar-refractivity contribution in [2.45, 2.75) is 6.18 Å². The highest BCUT2D eigenvalue weighted by atomic mass is 35.5. The number of rotatable bonds is 4. The van der Waals surface area contributed by atoms with Crippen molar-refractivity contribution in [2.75, 3.05) is 12.4 Å². The van der Waals surface area contributed by atoms with Crippen LogP contribution in [-0.2, 0) is 6.18 Å². The third-order valence-electron chi connectivity index (χ3n) is 2.96. The Balaban J connectivity index is 2.44. The first-order chi connectivity index (χ1) is 10.7. The van der Waals surface area contributed by atoms with Crippen molar-refractivity contribution in [3.8, 4) is 5.75 Å². The molecular formula is C14H10ClF3N2O3. The average molecular weight is 347 g/mol. The van der Waals surface area contributed by atoms with Crippen molar-refractivity contribution in [1.29, 1.82) is 0 Å². The van der Waals surface area contributed by atoms with Gasteiger partial charge in [0.1, 0.15) is 11.4 Å². The molecule has 0 unspecified atom stereocenters. The molecule has 0 fully saturated rings. The number of hydrogen-bond donors (Lipinski definition) is 1. The van der Waals surface area contributed by atoms with Crippen LogP contribution in [0.2, 0.25) is 5.02 Å². The van der Waals surface area contributed by atoms with Crippen LogP contribution >= 0.6 is 11.6 Å². The van der Waals surface area contributed by atoms with Gasteiger partial charge in [0, 0.05) is 11.8 Å². The molecule has 0 aliphatic carbocycles. The first-order valence-electron chi connectivity index (χ1n) is 6.18. The van der Waals surface area contributed by atoms with Gasteiger partial charge in [-0.1, -0.05) is 11.6 Å². The average Bonchev–Trinajstić information content (AvgIpc) is 2.46. The Morgan fingerprint density at radius 2 is 1.83 bits per heavy atom. The van der Waals surface area contributed by atoms with Crippen molar-refractivity contribution in [3.63, 3.8) is 0 Å². The molecule has 1 N–H and O–H groups in total. The van der Waals surface area contributed by atoms with Gasteiger partial charge in [-0.3, -0.25) is 10.1 Å². The maximum Gasteiger partial charge on any atom is 0.418 e. The Kier molecular flexibility index (Phi) is 4.65. The minimum absolute atomic E-state index is 0.141. The molecule has 0 amide bonds. The van der Waals surface area contributed by atoms with Gasteiger partial charge in [-0.2, -0.15) is 13.2 Å². The highest BCUT2D eigenvalue weighted by Crippen LogP contribution is 2.41. The Hall–Kier alpha value is -2.48. The summed E-state index contributed by atoms with van der Waals surface area (Å²) < 4.78 is 43.3. The molecule has 23 heavy (non-hydrogen) atoms. The molecule has 2 rings (SSSR count). The fourth-order valence-corrected chi connectivity index (χ4v) is 2.13. The lowest BCUT2D eigenvalue weighted by Gasteiger charge is -2.12. The number of nitrogens with zero attached hydrogens (tertiary/aromatic N) is 1. The fourth-order valence-electron chi connectivity index (χ4n) is 1.86. The molecule has 0 bridgehead atoms. The fraction of sp³-hybridized carbons (Fsp3) is 0.143. The summed E-state index contributed by atoms with van der Waals surface area (Å²) in [5.41, 5.74) is -1.69. The van der Waals surface area contributed by atoms with E-state index in [1.165, 1.54) is 7.11 Å². The van der Waals surface area contributed by atoms with Crippen LogP contribution in [0, 0.1) is 10.1 Å². The minimum atomic E-state index is -4.78. The molecule has 0 aromatic heterocycles. The van der Waals surface area contributed by atoms with E-state index in [9.17, 15) is 23.3 Å². The van der Waals surface area contributed by atoms with Crippen molar-refractivity contribution in [2.24, 2.45) is 0 Å². The lowest BCUT2D eigenvalue weighted by Crippen LogP contribution is -2.08. The zero-order valence-corrected chi connectivity index (χ0v) is 12.4. The van der Waals surface area contributed by atoms with E-state index in [1.807, 2.05) is 0 Å². The number of nitrogens with one attached hydrogen (secondary N) is 1. The standard InChI is InChI=1S/C14H10ClF3N2O3/c1-23-9-4-2-8(3-5-9)19-12-7-11(15)10(14(16,17)18)6-13(12)20(21)22/h2-7,19H,1H3. The molecular weight excluding hydrogens is 337 g/mol. The predicted octanol–water partition coefficient (Wildman–Crippen LogP) is 5.02. The molecule has 2 aromatic rings. The Bertz CT molecular complexity index is 733. The first-order valence-corrected chi connectivity index (χ1v) is 6.56. The Morgan fingerprint density at radius 3 is 2.30 bits per heavy atom. The SMILES string of the molecule is COc1ccc(Nc2cc(Cl)c(C(F)(F)F)cc2[N+](=O)[O-])cc1. The number of alkyl halides is 3. The molecule has 0 heterocycles. The van der Waals surface area contributed by atoms with E-state index >= 15 is 0 Å². The molecule has 2 aromatic carbocycles. The molecule has 0 spiro atoms. The van der Waals surface area contributed by atoms with E-state index in [-0.39, 0.29) is 5.69 Å². The highest BCUT2D eigenvalue weighted by molar-refractivity contribution is 6.31. The van der Waals surface area contributed by atoms with Crippen LogP contribution in [0.3, 0.4) is 0 Å². The van der Waals surface area contributed by atoms with Gasteiger partial charge in [0.25, 0.3) is 5.69 Å². The zero-order valence-electron chi connectivity index (χ0n) is 11.6. The van der Waals surface area contributed by atoms with Gasteiger partial charge in [-0.25, -0.2) is 0 Å². The number of benzene rings is 2. The normalized spacial score (nSPS) is 11.2. The Labute approximate surface area is 133 Å². The quantitative estimate of drug-likeness (QED) is 0.623. The van der Waals surface area contributed by atoms with E-state index in [2.05, 4.69) is 5.32 Å². The summed E-state index contributed by atoms with van der Waals surface area (Å²) in [6, 6.07) is 7.61. The number of hydrogen-bond acceptors (Lipinski definition) is 4. The van der Waals surface area contributed by atoms with Gasteiger partial charge in [-0.05, 0) is 30.3 Å². The summed E-state index contributed by atoms with van der Waals surface area (Å²) in [6.45, 7) is 0. The molecule has 122 valence electrons. The Morgan fingerprint density at radius 1 is 1.22 bits per heavy atom. The van der Waals surface area contributed by atoms with Crippen LogP contribution in [0.15, 0.2) is 36.4 Å². The highest BCUT2D eigenvalue weighted by Gasteiger charge is 2.36. The number of nitro groups is 1. The zero-order chi connectivity index (χ0) is 17.2. The molecule has 0 saturated heterocycles. The van der Waals surface area contributed by atoms with Crippen molar-refractivity contribution < 1.29 is 22.8 Å². The second kappa shape index (κ2) is 6.33. The second-order valence-electron chi connectivity index (χ2n) is 4.46. The van der Waals surface area contributed by atoms with E-state index in [1.54, 1.807) is 24.3 Å². The van der Waals surface area contributed by atoms with E-state index in [0.717, 1.165) is 6.07 Å². The third kappa shape index (κ3) is 3.84. The van der Waals surface area contributed by atoms with Crippen molar-refractivity contribution in [1.82, 2.24) is 0 Å². The largest absolute Gasteiger partial charge is 0.497 e. The number of ether oxygens (including phenoxy) is 1. The number of halogens is 4. The van der Waals surface area contributed by atoms with Crippen LogP contribution < -0.4 is 10.1 Å². The van der Waals surface area contributed by atoms with Gasteiger partial charge in [0.2, 0.25) is 0 Å². The molecule has 0 saturated carbocycles. The number of nitro benzene ring substituents is 1. The van der Waals surface area contributed by atoms with Crippen LogP contribution in [-0.4, -0.2) is 12.0 Å². The summed E-state index contributed by atoms with van der Waals surface area (Å²) >= 11 is 5.60. The topological polar surface area (TPSA) is 64.4 Å². The van der Waals surface area contributed by atoms with Gasteiger partial charge in [0.15, 0.2) is 0 Å². The van der Waals surface area contributed by atoms with E-state index in [4.69, 9.17) is 16.3 Å². The smallest absolute Gasteiger partial charge is 0.418 e. The molecule has 0 aliphatic heterocycles. The van der Waals surface area contributed by atoms with Gasteiger partial charge < -0.3 is 10.1 Å².